The van der Waals surface area contributed by atoms with Gasteiger partial charge in [-0.15, -0.1) is 0 Å². The second-order valence-electron chi connectivity index (χ2n) is 1.52. The summed E-state index contributed by atoms with van der Waals surface area (Å²) in [5, 5.41) is 33.0. The van der Waals surface area contributed by atoms with Crippen molar-refractivity contribution in [2.24, 2.45) is 0 Å². The highest BCUT2D eigenvalue weighted by molar-refractivity contribution is 8.01. The molecule has 80 valence electrons. The van der Waals surface area contributed by atoms with Gasteiger partial charge in [-0.25, -0.2) is 9.59 Å². The van der Waals surface area contributed by atoms with Crippen molar-refractivity contribution in [2.75, 3.05) is 0 Å². The van der Waals surface area contributed by atoms with Crippen LogP contribution < -0.4 is 12.3 Å². The van der Waals surface area contributed by atoms with E-state index in [-0.39, 0.29) is 24.1 Å². The summed E-state index contributed by atoms with van der Waals surface area (Å²) in [7, 11) is 0. The lowest BCUT2D eigenvalue weighted by molar-refractivity contribution is -0.142. The van der Waals surface area contributed by atoms with Crippen LogP contribution in [-0.2, 0) is 9.59 Å². The second-order valence-corrected chi connectivity index (χ2v) is 2.68. The van der Waals surface area contributed by atoms with Crippen LogP contribution in [0.4, 0.5) is 0 Å². The van der Waals surface area contributed by atoms with Gasteiger partial charge in [0.2, 0.25) is 10.9 Å². The largest absolute Gasteiger partial charge is 0.479 e. The maximum Gasteiger partial charge on any atom is 0.343 e. The molecule has 0 aromatic rings. The van der Waals surface area contributed by atoms with Crippen molar-refractivity contribution in [3.63, 3.8) is 0 Å². The highest BCUT2D eigenvalue weighted by atomic mass is 32.2. The van der Waals surface area contributed by atoms with Crippen molar-refractivity contribution >= 4 is 23.7 Å². The van der Waals surface area contributed by atoms with Crippen LogP contribution in [0.15, 0.2) is 0 Å². The van der Waals surface area contributed by atoms with Crippen molar-refractivity contribution in [3.8, 4) is 0 Å². The first-order valence-electron chi connectivity index (χ1n) is 2.42. The Balaban J connectivity index is -0.000000500. The van der Waals surface area contributed by atoms with Crippen LogP contribution in [0.5, 0.6) is 0 Å². The van der Waals surface area contributed by atoms with Gasteiger partial charge in [0.05, 0.1) is 0 Å². The molecule has 0 saturated heterocycles. The number of carboxylic acid groups (broad SMARTS) is 2. The Kier molecular flexibility index (Phi) is 10.8. The van der Waals surface area contributed by atoms with Gasteiger partial charge in [-0.2, -0.15) is 0 Å². The molecule has 0 radical (unpaired) electrons. The Morgan fingerprint density at radius 3 is 1.31 bits per heavy atom. The molecule has 0 aliphatic rings. The van der Waals surface area contributed by atoms with Crippen LogP contribution >= 0.6 is 11.8 Å². The molecule has 0 amide bonds. The average Bonchev–Trinajstić information content (AvgIpc) is 1.87. The van der Waals surface area contributed by atoms with Crippen molar-refractivity contribution < 1.29 is 30.0 Å². The fourth-order valence-electron chi connectivity index (χ4n) is 0.239. The quantitative estimate of drug-likeness (QED) is 0.315. The number of aliphatic carboxylic acids is 2. The van der Waals surface area contributed by atoms with E-state index in [2.05, 4.69) is 0 Å². The predicted octanol–water partition coefficient (Wildman–Crippen LogP) is -1.15. The fourth-order valence-corrected chi connectivity index (χ4v) is 0.716. The standard InChI is InChI=1S/C4H6O6S.2H3N/c5-1(6)3(9)11-4(10)2(7)8;;/h3-4,9-10H,(H,5,6)(H,7,8);2*1H3. The molecule has 0 saturated carbocycles. The van der Waals surface area contributed by atoms with Crippen molar-refractivity contribution in [1.29, 1.82) is 0 Å². The molecule has 0 fully saturated rings. The first-order valence-corrected chi connectivity index (χ1v) is 3.36. The summed E-state index contributed by atoms with van der Waals surface area (Å²) in [6.07, 6.45) is 0. The van der Waals surface area contributed by atoms with E-state index in [0.717, 1.165) is 0 Å². The molecule has 0 aliphatic heterocycles. The van der Waals surface area contributed by atoms with Crippen LogP contribution in [0.3, 0.4) is 0 Å². The molecule has 0 aliphatic carbocycles. The SMILES string of the molecule is N.N.O=C(O)C(O)SC(O)C(=O)O. The molecule has 13 heavy (non-hydrogen) atoms. The van der Waals surface area contributed by atoms with Crippen LogP contribution in [-0.4, -0.2) is 43.2 Å². The number of aliphatic hydroxyl groups excluding tert-OH is 2. The van der Waals surface area contributed by atoms with Crippen LogP contribution in [0, 0.1) is 0 Å². The van der Waals surface area contributed by atoms with E-state index >= 15 is 0 Å². The highest BCUT2D eigenvalue weighted by Crippen LogP contribution is 2.13. The van der Waals surface area contributed by atoms with E-state index in [1.54, 1.807) is 0 Å². The smallest absolute Gasteiger partial charge is 0.343 e. The molecule has 0 rings (SSSR count). The van der Waals surface area contributed by atoms with Crippen LogP contribution in [0.2, 0.25) is 0 Å². The lowest BCUT2D eigenvalue weighted by Crippen LogP contribution is -2.24. The summed E-state index contributed by atoms with van der Waals surface area (Å²) in [5.41, 5.74) is -3.83. The summed E-state index contributed by atoms with van der Waals surface area (Å²) in [6.45, 7) is 0. The van der Waals surface area contributed by atoms with E-state index in [9.17, 15) is 9.59 Å². The molecule has 9 heteroatoms. The van der Waals surface area contributed by atoms with Crippen molar-refractivity contribution in [3.05, 3.63) is 0 Å². The first kappa shape index (κ1) is 18.0. The number of thioether (sulfide) groups is 1. The van der Waals surface area contributed by atoms with Gasteiger partial charge in [-0.1, -0.05) is 11.8 Å². The fraction of sp³-hybridized carbons (Fsp3) is 0.500. The van der Waals surface area contributed by atoms with Gasteiger partial charge in [0.1, 0.15) is 0 Å². The lowest BCUT2D eigenvalue weighted by Gasteiger charge is -2.06. The van der Waals surface area contributed by atoms with Crippen molar-refractivity contribution in [1.82, 2.24) is 12.3 Å². The number of hydrogen-bond acceptors (Lipinski definition) is 7. The minimum absolute atomic E-state index is 0. The molecule has 2 unspecified atom stereocenters. The van der Waals surface area contributed by atoms with E-state index in [4.69, 9.17) is 20.4 Å². The zero-order valence-electron chi connectivity index (χ0n) is 6.58. The molecule has 0 bridgehead atoms. The number of carbonyl (C=O) groups is 2. The summed E-state index contributed by atoms with van der Waals surface area (Å²) in [6, 6.07) is 0. The summed E-state index contributed by atoms with van der Waals surface area (Å²) in [5.74, 6) is -3.18. The summed E-state index contributed by atoms with van der Waals surface area (Å²) in [4.78, 5) is 19.8. The Bertz CT molecular complexity index is 158. The van der Waals surface area contributed by atoms with Gasteiger partial charge < -0.3 is 32.7 Å². The number of rotatable bonds is 4. The molecule has 2 atom stereocenters. The maximum absolute atomic E-state index is 9.88. The van der Waals surface area contributed by atoms with Gasteiger partial charge in [0.15, 0.2) is 0 Å². The normalized spacial score (nSPS) is 13.1. The van der Waals surface area contributed by atoms with E-state index in [1.165, 1.54) is 0 Å². The van der Waals surface area contributed by atoms with Gasteiger partial charge >= 0.3 is 11.9 Å². The third-order valence-corrected chi connectivity index (χ3v) is 1.60. The number of hydrogen-bond donors (Lipinski definition) is 6. The topological polar surface area (TPSA) is 185 Å². The Hall–Kier alpha value is -0.870. The minimum Gasteiger partial charge on any atom is -0.479 e. The highest BCUT2D eigenvalue weighted by Gasteiger charge is 2.23. The first-order chi connectivity index (χ1) is 4.95. The molecule has 0 heterocycles. The van der Waals surface area contributed by atoms with Gasteiger partial charge in [-0.05, 0) is 0 Å². The minimum atomic E-state index is -1.92. The van der Waals surface area contributed by atoms with E-state index in [1.807, 2.05) is 0 Å². The van der Waals surface area contributed by atoms with Crippen molar-refractivity contribution in [2.45, 2.75) is 10.9 Å². The van der Waals surface area contributed by atoms with Gasteiger partial charge in [-0.3, -0.25) is 0 Å². The molecular weight excluding hydrogens is 204 g/mol. The van der Waals surface area contributed by atoms with Crippen LogP contribution in [0.25, 0.3) is 0 Å². The predicted molar refractivity (Wildman–Crippen MR) is 44.9 cm³/mol. The lowest BCUT2D eigenvalue weighted by atomic mass is 10.7. The molecule has 0 aromatic carbocycles. The maximum atomic E-state index is 9.88. The third kappa shape index (κ3) is 7.49. The molecule has 10 N–H and O–H groups in total. The molecule has 0 spiro atoms. The van der Waals surface area contributed by atoms with E-state index in [0.29, 0.717) is 0 Å². The molecule has 0 aromatic heterocycles. The Morgan fingerprint density at radius 1 is 0.923 bits per heavy atom. The van der Waals surface area contributed by atoms with Gasteiger partial charge in [0.25, 0.3) is 0 Å². The zero-order valence-corrected chi connectivity index (χ0v) is 7.40. The van der Waals surface area contributed by atoms with Gasteiger partial charge in [0, 0.05) is 0 Å². The number of carboxylic acids is 2. The summed E-state index contributed by atoms with van der Waals surface area (Å²) >= 11 is 0.0278. The molecular formula is C4H12N2O6S. The monoisotopic (exact) mass is 216 g/mol. The Labute approximate surface area is 77.7 Å². The number of aliphatic hydroxyl groups is 2. The average molecular weight is 216 g/mol. The van der Waals surface area contributed by atoms with E-state index < -0.39 is 22.8 Å². The zero-order chi connectivity index (χ0) is 9.02. The third-order valence-electron chi connectivity index (χ3n) is 0.680. The van der Waals surface area contributed by atoms with Crippen LogP contribution in [0.1, 0.15) is 0 Å². The molecule has 8 nitrogen and oxygen atoms in total. The second kappa shape index (κ2) is 7.76. The Morgan fingerprint density at radius 2 is 1.15 bits per heavy atom. The summed E-state index contributed by atoms with van der Waals surface area (Å²) < 4.78 is 0.